The van der Waals surface area contributed by atoms with Crippen LogP contribution >= 0.6 is 0 Å². The molecule has 1 aliphatic heterocycles. The summed E-state index contributed by atoms with van der Waals surface area (Å²) >= 11 is 0. The van der Waals surface area contributed by atoms with Crippen LogP contribution in [0.1, 0.15) is 20.3 Å². The van der Waals surface area contributed by atoms with Gasteiger partial charge in [-0.15, -0.1) is 0 Å². The molecule has 0 saturated carbocycles. The Morgan fingerprint density at radius 3 is 2.50 bits per heavy atom. The summed E-state index contributed by atoms with van der Waals surface area (Å²) in [6.07, 6.45) is 0.585. The first kappa shape index (κ1) is 16.4. The highest BCUT2D eigenvalue weighted by Gasteiger charge is 2.29. The van der Waals surface area contributed by atoms with Crippen LogP contribution in [0.15, 0.2) is 0 Å². The molecule has 0 spiro atoms. The van der Waals surface area contributed by atoms with Gasteiger partial charge in [0.2, 0.25) is 17.7 Å². The SMILES string of the molecule is CC(C)CC(NC(=O)C1CNC(=O)CN1)C(=O)N(C)C. The molecule has 1 aliphatic rings. The molecule has 1 fully saturated rings. The second kappa shape index (κ2) is 7.23. The first-order valence-electron chi connectivity index (χ1n) is 6.83. The minimum absolute atomic E-state index is 0.119. The second-order valence-electron chi connectivity index (χ2n) is 5.66. The van der Waals surface area contributed by atoms with Crippen molar-refractivity contribution in [2.75, 3.05) is 27.2 Å². The van der Waals surface area contributed by atoms with Gasteiger partial charge in [-0.1, -0.05) is 13.8 Å². The van der Waals surface area contributed by atoms with Crippen molar-refractivity contribution in [3.63, 3.8) is 0 Å². The number of amides is 3. The summed E-state index contributed by atoms with van der Waals surface area (Å²) in [5.41, 5.74) is 0. The molecule has 0 bridgehead atoms. The third-order valence-electron chi connectivity index (χ3n) is 3.09. The molecule has 1 saturated heterocycles. The van der Waals surface area contributed by atoms with Crippen LogP contribution in [0.3, 0.4) is 0 Å². The maximum Gasteiger partial charge on any atom is 0.244 e. The summed E-state index contributed by atoms with van der Waals surface area (Å²) in [4.78, 5) is 36.7. The average Bonchev–Trinajstić information content (AvgIpc) is 2.37. The summed E-state index contributed by atoms with van der Waals surface area (Å²) in [5, 5.41) is 8.24. The van der Waals surface area contributed by atoms with Crippen LogP contribution in [0.25, 0.3) is 0 Å². The Balaban J connectivity index is 2.61. The van der Waals surface area contributed by atoms with Gasteiger partial charge in [-0.25, -0.2) is 0 Å². The molecule has 0 radical (unpaired) electrons. The molecule has 2 unspecified atom stereocenters. The molecule has 0 aromatic rings. The van der Waals surface area contributed by atoms with E-state index in [1.54, 1.807) is 14.1 Å². The predicted octanol–water partition coefficient (Wildman–Crippen LogP) is -1.31. The molecule has 1 heterocycles. The fraction of sp³-hybridized carbons (Fsp3) is 0.769. The van der Waals surface area contributed by atoms with Crippen LogP contribution in [0.5, 0.6) is 0 Å². The van der Waals surface area contributed by atoms with Crippen molar-refractivity contribution in [3.05, 3.63) is 0 Å². The smallest absolute Gasteiger partial charge is 0.244 e. The van der Waals surface area contributed by atoms with Gasteiger partial charge in [0.25, 0.3) is 0 Å². The van der Waals surface area contributed by atoms with Gasteiger partial charge in [-0.2, -0.15) is 0 Å². The van der Waals surface area contributed by atoms with E-state index in [2.05, 4.69) is 16.0 Å². The number of nitrogens with zero attached hydrogens (tertiary/aromatic N) is 1. The van der Waals surface area contributed by atoms with E-state index >= 15 is 0 Å². The monoisotopic (exact) mass is 284 g/mol. The second-order valence-corrected chi connectivity index (χ2v) is 5.66. The molecule has 7 heteroatoms. The number of carbonyl (C=O) groups is 3. The zero-order chi connectivity index (χ0) is 15.3. The van der Waals surface area contributed by atoms with E-state index in [9.17, 15) is 14.4 Å². The van der Waals surface area contributed by atoms with Crippen molar-refractivity contribution >= 4 is 17.7 Å². The minimum atomic E-state index is -0.531. The van der Waals surface area contributed by atoms with Crippen LogP contribution < -0.4 is 16.0 Å². The van der Waals surface area contributed by atoms with Gasteiger partial charge < -0.3 is 15.5 Å². The van der Waals surface area contributed by atoms with Gasteiger partial charge in [0.05, 0.1) is 6.54 Å². The maximum atomic E-state index is 12.1. The van der Waals surface area contributed by atoms with Crippen molar-refractivity contribution in [2.45, 2.75) is 32.4 Å². The van der Waals surface area contributed by atoms with Gasteiger partial charge in [-0.3, -0.25) is 19.7 Å². The van der Waals surface area contributed by atoms with Gasteiger partial charge >= 0.3 is 0 Å². The van der Waals surface area contributed by atoms with Crippen LogP contribution in [0.2, 0.25) is 0 Å². The van der Waals surface area contributed by atoms with Gasteiger partial charge in [0.15, 0.2) is 0 Å². The van der Waals surface area contributed by atoms with E-state index in [1.807, 2.05) is 13.8 Å². The summed E-state index contributed by atoms with van der Waals surface area (Å²) in [6, 6.07) is -1.02. The molecular formula is C13H24N4O3. The molecule has 2 atom stereocenters. The lowest BCUT2D eigenvalue weighted by molar-refractivity contribution is -0.136. The maximum absolute atomic E-state index is 12.1. The summed E-state index contributed by atoms with van der Waals surface area (Å²) in [5.74, 6) is -0.210. The standard InChI is InChI=1S/C13H24N4O3/c1-8(2)5-9(13(20)17(3)4)16-12(19)10-6-15-11(18)7-14-10/h8-10,14H,5-7H2,1-4H3,(H,15,18)(H,16,19). The Kier molecular flexibility index (Phi) is 5.94. The average molecular weight is 284 g/mol. The third kappa shape index (κ3) is 4.80. The van der Waals surface area contributed by atoms with Crippen molar-refractivity contribution in [2.24, 2.45) is 5.92 Å². The molecule has 1 rings (SSSR count). The number of piperazine rings is 1. The van der Waals surface area contributed by atoms with E-state index in [0.717, 1.165) is 0 Å². The molecule has 3 amide bonds. The summed E-state index contributed by atoms with van der Waals surface area (Å²) < 4.78 is 0. The zero-order valence-electron chi connectivity index (χ0n) is 12.5. The lowest BCUT2D eigenvalue weighted by Crippen LogP contribution is -2.60. The first-order valence-corrected chi connectivity index (χ1v) is 6.83. The van der Waals surface area contributed by atoms with Gasteiger partial charge in [-0.05, 0) is 12.3 Å². The van der Waals surface area contributed by atoms with E-state index in [0.29, 0.717) is 12.3 Å². The lowest BCUT2D eigenvalue weighted by atomic mass is 10.0. The fourth-order valence-electron chi connectivity index (χ4n) is 2.03. The molecule has 7 nitrogen and oxygen atoms in total. The Morgan fingerprint density at radius 1 is 1.40 bits per heavy atom. The first-order chi connectivity index (χ1) is 9.31. The number of hydrogen-bond donors (Lipinski definition) is 3. The quantitative estimate of drug-likeness (QED) is 0.585. The predicted molar refractivity (Wildman–Crippen MR) is 74.9 cm³/mol. The number of carbonyl (C=O) groups excluding carboxylic acids is 3. The highest BCUT2D eigenvalue weighted by Crippen LogP contribution is 2.07. The largest absolute Gasteiger partial charge is 0.353 e. The normalized spacial score (nSPS) is 20.2. The molecular weight excluding hydrogens is 260 g/mol. The Hall–Kier alpha value is -1.63. The van der Waals surface area contributed by atoms with Gasteiger partial charge in [0.1, 0.15) is 12.1 Å². The molecule has 20 heavy (non-hydrogen) atoms. The van der Waals surface area contributed by atoms with E-state index in [1.165, 1.54) is 4.90 Å². The molecule has 0 aliphatic carbocycles. The van der Waals surface area contributed by atoms with E-state index in [4.69, 9.17) is 0 Å². The van der Waals surface area contributed by atoms with Crippen molar-refractivity contribution in [1.82, 2.24) is 20.9 Å². The molecule has 3 N–H and O–H groups in total. The van der Waals surface area contributed by atoms with E-state index in [-0.39, 0.29) is 30.8 Å². The van der Waals surface area contributed by atoms with Crippen molar-refractivity contribution in [1.29, 1.82) is 0 Å². The number of hydrogen-bond acceptors (Lipinski definition) is 4. The zero-order valence-corrected chi connectivity index (χ0v) is 12.5. The van der Waals surface area contributed by atoms with E-state index < -0.39 is 12.1 Å². The number of rotatable bonds is 5. The van der Waals surface area contributed by atoms with Crippen molar-refractivity contribution in [3.8, 4) is 0 Å². The lowest BCUT2D eigenvalue weighted by Gasteiger charge is -2.27. The molecule has 114 valence electrons. The summed E-state index contributed by atoms with van der Waals surface area (Å²) in [7, 11) is 3.34. The van der Waals surface area contributed by atoms with Crippen LogP contribution in [-0.4, -0.2) is 61.9 Å². The Bertz CT molecular complexity index is 372. The van der Waals surface area contributed by atoms with Crippen LogP contribution in [0, 0.1) is 5.92 Å². The van der Waals surface area contributed by atoms with Crippen LogP contribution in [-0.2, 0) is 14.4 Å². The fourth-order valence-corrected chi connectivity index (χ4v) is 2.03. The topological polar surface area (TPSA) is 90.5 Å². The van der Waals surface area contributed by atoms with Gasteiger partial charge in [0, 0.05) is 20.6 Å². The minimum Gasteiger partial charge on any atom is -0.353 e. The van der Waals surface area contributed by atoms with Crippen LogP contribution in [0.4, 0.5) is 0 Å². The van der Waals surface area contributed by atoms with Crippen molar-refractivity contribution < 1.29 is 14.4 Å². The number of likely N-dealkylation sites (N-methyl/N-ethyl adjacent to an activating group) is 1. The molecule has 0 aromatic carbocycles. The third-order valence-corrected chi connectivity index (χ3v) is 3.09. The Morgan fingerprint density at radius 2 is 2.05 bits per heavy atom. The highest BCUT2D eigenvalue weighted by molar-refractivity contribution is 5.91. The molecule has 0 aromatic heterocycles. The Labute approximate surface area is 119 Å². The summed E-state index contributed by atoms with van der Waals surface area (Å²) in [6.45, 7) is 4.37. The highest BCUT2D eigenvalue weighted by atomic mass is 16.2. The number of nitrogens with one attached hydrogen (secondary N) is 3.